The average molecular weight is 407 g/mol. The number of carbonyl (C=O) groups excluding carboxylic acids is 2. The van der Waals surface area contributed by atoms with Crippen molar-refractivity contribution in [2.45, 2.75) is 65.0 Å². The summed E-state index contributed by atoms with van der Waals surface area (Å²) < 4.78 is 5.47. The third kappa shape index (κ3) is 5.19. The highest BCUT2D eigenvalue weighted by Crippen LogP contribution is 2.49. The first-order valence-corrected chi connectivity index (χ1v) is 10.5. The highest BCUT2D eigenvalue weighted by Gasteiger charge is 2.50. The van der Waals surface area contributed by atoms with Gasteiger partial charge in [-0.1, -0.05) is 30.7 Å². The average Bonchev–Trinajstić information content (AvgIpc) is 3.36. The fourth-order valence-corrected chi connectivity index (χ4v) is 4.06. The lowest BCUT2D eigenvalue weighted by molar-refractivity contribution is -0.127. The molecule has 1 aromatic rings. The highest BCUT2D eigenvalue weighted by molar-refractivity contribution is 6.30. The lowest BCUT2D eigenvalue weighted by atomic mass is 9.91. The van der Waals surface area contributed by atoms with Crippen LogP contribution in [-0.4, -0.2) is 41.6 Å². The van der Waals surface area contributed by atoms with E-state index in [2.05, 4.69) is 12.2 Å². The maximum atomic E-state index is 13.0. The smallest absolute Gasteiger partial charge is 0.410 e. The Kier molecular flexibility index (Phi) is 5.95. The molecule has 0 aromatic heterocycles. The van der Waals surface area contributed by atoms with Gasteiger partial charge in [-0.15, -0.1) is 0 Å². The van der Waals surface area contributed by atoms with E-state index in [1.54, 1.807) is 4.90 Å². The van der Waals surface area contributed by atoms with Crippen molar-refractivity contribution in [1.82, 2.24) is 10.2 Å². The second kappa shape index (κ2) is 7.94. The van der Waals surface area contributed by atoms with Crippen molar-refractivity contribution in [3.63, 3.8) is 0 Å². The van der Waals surface area contributed by atoms with E-state index in [4.69, 9.17) is 16.3 Å². The van der Waals surface area contributed by atoms with Crippen LogP contribution in [0.3, 0.4) is 0 Å². The van der Waals surface area contributed by atoms with Crippen molar-refractivity contribution in [3.05, 3.63) is 34.9 Å². The number of halogens is 1. The Morgan fingerprint density at radius 3 is 2.61 bits per heavy atom. The Hall–Kier alpha value is -1.75. The summed E-state index contributed by atoms with van der Waals surface area (Å²) in [4.78, 5) is 27.0. The van der Waals surface area contributed by atoms with Gasteiger partial charge in [-0.2, -0.15) is 0 Å². The predicted octanol–water partition coefficient (Wildman–Crippen LogP) is 4.42. The van der Waals surface area contributed by atoms with Gasteiger partial charge in [-0.3, -0.25) is 4.79 Å². The van der Waals surface area contributed by atoms with Crippen LogP contribution >= 0.6 is 11.6 Å². The predicted molar refractivity (Wildman–Crippen MR) is 110 cm³/mol. The molecule has 1 N–H and O–H groups in total. The lowest BCUT2D eigenvalue weighted by Crippen LogP contribution is -2.53. The Balaban J connectivity index is 1.54. The number of ether oxygens (including phenoxy) is 1. The van der Waals surface area contributed by atoms with Gasteiger partial charge >= 0.3 is 6.09 Å². The van der Waals surface area contributed by atoms with Crippen molar-refractivity contribution in [2.75, 3.05) is 13.1 Å². The quantitative estimate of drug-likeness (QED) is 0.804. The van der Waals surface area contributed by atoms with Crippen molar-refractivity contribution in [2.24, 2.45) is 11.3 Å². The molecule has 2 atom stereocenters. The van der Waals surface area contributed by atoms with Gasteiger partial charge in [0.1, 0.15) is 5.60 Å². The molecule has 1 saturated heterocycles. The van der Waals surface area contributed by atoms with E-state index < -0.39 is 5.60 Å². The number of nitrogens with one attached hydrogen (secondary N) is 1. The van der Waals surface area contributed by atoms with Gasteiger partial charge in [0.2, 0.25) is 5.91 Å². The number of carbonyl (C=O) groups is 2. The number of benzene rings is 1. The van der Waals surface area contributed by atoms with Crippen LogP contribution in [-0.2, 0) is 16.0 Å². The molecular weight excluding hydrogens is 376 g/mol. The van der Waals surface area contributed by atoms with Crippen LogP contribution in [0.4, 0.5) is 4.79 Å². The monoisotopic (exact) mass is 406 g/mol. The molecule has 2 fully saturated rings. The van der Waals surface area contributed by atoms with Crippen LogP contribution < -0.4 is 5.32 Å². The van der Waals surface area contributed by atoms with Crippen LogP contribution in [0.5, 0.6) is 0 Å². The Morgan fingerprint density at radius 2 is 2.04 bits per heavy atom. The van der Waals surface area contributed by atoms with Gasteiger partial charge in [-0.05, 0) is 70.1 Å². The molecule has 3 rings (SSSR count). The Labute approximate surface area is 172 Å². The van der Waals surface area contributed by atoms with Crippen LogP contribution in [0.1, 0.15) is 52.5 Å². The number of likely N-dealkylation sites (tertiary alicyclic amines) is 1. The van der Waals surface area contributed by atoms with Gasteiger partial charge < -0.3 is 15.0 Å². The van der Waals surface area contributed by atoms with E-state index in [9.17, 15) is 9.59 Å². The maximum absolute atomic E-state index is 13.0. The Bertz CT molecular complexity index is 740. The minimum atomic E-state index is -0.496. The maximum Gasteiger partial charge on any atom is 0.410 e. The fourth-order valence-electron chi connectivity index (χ4n) is 3.85. The van der Waals surface area contributed by atoms with E-state index in [1.807, 2.05) is 45.0 Å². The highest BCUT2D eigenvalue weighted by atomic mass is 35.5. The molecule has 0 spiro atoms. The van der Waals surface area contributed by atoms with E-state index in [0.717, 1.165) is 31.2 Å². The zero-order chi connectivity index (χ0) is 20.5. The zero-order valence-electron chi connectivity index (χ0n) is 17.3. The molecule has 1 heterocycles. The molecule has 0 radical (unpaired) electrons. The molecule has 6 heteroatoms. The summed E-state index contributed by atoms with van der Waals surface area (Å²) >= 11 is 6.08. The number of nitrogens with zero attached hydrogens (tertiary/aromatic N) is 1. The number of piperidine rings is 1. The van der Waals surface area contributed by atoms with Crippen molar-refractivity contribution in [3.8, 4) is 0 Å². The summed E-state index contributed by atoms with van der Waals surface area (Å²) in [6.07, 6.45) is 3.03. The number of amides is 2. The third-order valence-electron chi connectivity index (χ3n) is 5.64. The third-order valence-corrected chi connectivity index (χ3v) is 5.88. The summed E-state index contributed by atoms with van der Waals surface area (Å²) in [6.45, 7) is 8.90. The summed E-state index contributed by atoms with van der Waals surface area (Å²) in [7, 11) is 0. The van der Waals surface area contributed by atoms with Crippen LogP contribution in [0.15, 0.2) is 24.3 Å². The summed E-state index contributed by atoms with van der Waals surface area (Å²) in [5.41, 5.74) is 0.310. The van der Waals surface area contributed by atoms with Crippen LogP contribution in [0, 0.1) is 11.3 Å². The SMILES string of the molecule is C[C@H]1CN(C(=O)OC(C)(C)C)CC[C@@H]1NC(=O)C1(Cc2cccc(Cl)c2)CC1. The molecule has 1 saturated carbocycles. The van der Waals surface area contributed by atoms with E-state index >= 15 is 0 Å². The van der Waals surface area contributed by atoms with Gasteiger partial charge in [-0.25, -0.2) is 4.79 Å². The largest absolute Gasteiger partial charge is 0.444 e. The number of rotatable bonds is 4. The number of hydrogen-bond donors (Lipinski definition) is 1. The molecule has 28 heavy (non-hydrogen) atoms. The molecule has 2 aliphatic rings. The van der Waals surface area contributed by atoms with Crippen LogP contribution in [0.2, 0.25) is 5.02 Å². The molecular formula is C22H31ClN2O3. The summed E-state index contributed by atoms with van der Waals surface area (Å²) in [6, 6.07) is 7.84. The second-order valence-electron chi connectivity index (χ2n) is 9.36. The van der Waals surface area contributed by atoms with Crippen molar-refractivity contribution in [1.29, 1.82) is 0 Å². The molecule has 0 unspecified atom stereocenters. The first-order valence-electron chi connectivity index (χ1n) is 10.1. The first-order chi connectivity index (χ1) is 13.1. The van der Waals surface area contributed by atoms with Crippen LogP contribution in [0.25, 0.3) is 0 Å². The van der Waals surface area contributed by atoms with E-state index in [0.29, 0.717) is 18.1 Å². The molecule has 154 valence electrons. The molecule has 2 amide bonds. The first kappa shape index (κ1) is 21.0. The zero-order valence-corrected chi connectivity index (χ0v) is 18.0. The van der Waals surface area contributed by atoms with E-state index in [1.165, 1.54) is 0 Å². The van der Waals surface area contributed by atoms with E-state index in [-0.39, 0.29) is 29.4 Å². The fraction of sp³-hybridized carbons (Fsp3) is 0.636. The minimum absolute atomic E-state index is 0.0861. The van der Waals surface area contributed by atoms with Gasteiger partial charge in [0.25, 0.3) is 0 Å². The molecule has 1 aliphatic carbocycles. The molecule has 1 aromatic carbocycles. The van der Waals surface area contributed by atoms with Gasteiger partial charge in [0.15, 0.2) is 0 Å². The molecule has 5 nitrogen and oxygen atoms in total. The minimum Gasteiger partial charge on any atom is -0.444 e. The topological polar surface area (TPSA) is 58.6 Å². The normalized spacial score (nSPS) is 23.8. The molecule has 1 aliphatic heterocycles. The van der Waals surface area contributed by atoms with Crippen molar-refractivity contribution < 1.29 is 14.3 Å². The lowest BCUT2D eigenvalue weighted by Gasteiger charge is -2.38. The Morgan fingerprint density at radius 1 is 1.32 bits per heavy atom. The van der Waals surface area contributed by atoms with Gasteiger partial charge in [0.05, 0.1) is 5.41 Å². The summed E-state index contributed by atoms with van der Waals surface area (Å²) in [5.74, 6) is 0.322. The second-order valence-corrected chi connectivity index (χ2v) is 9.80. The number of hydrogen-bond acceptors (Lipinski definition) is 3. The van der Waals surface area contributed by atoms with Crippen molar-refractivity contribution >= 4 is 23.6 Å². The van der Waals surface area contributed by atoms with Gasteiger partial charge in [0, 0.05) is 24.2 Å². The molecule has 0 bridgehead atoms. The summed E-state index contributed by atoms with van der Waals surface area (Å²) in [5, 5.41) is 3.97. The standard InChI is InChI=1S/C22H31ClN2O3/c1-15-14-25(20(27)28-21(2,3)4)11-8-18(15)24-19(26)22(9-10-22)13-16-6-5-7-17(23)12-16/h5-7,12,15,18H,8-11,13-14H2,1-4H3,(H,24,26)/t15-,18-/m0/s1.